The molecule has 0 N–H and O–H groups in total. The van der Waals surface area contributed by atoms with Gasteiger partial charge in [-0.25, -0.2) is 0 Å². The molecule has 1 heterocycles. The quantitative estimate of drug-likeness (QED) is 0.685. The summed E-state index contributed by atoms with van der Waals surface area (Å²) in [5.41, 5.74) is 0.637. The minimum absolute atomic E-state index is 0.124. The number of hydrogen-bond acceptors (Lipinski definition) is 1. The van der Waals surface area contributed by atoms with Gasteiger partial charge in [0.1, 0.15) is 0 Å². The molecule has 2 aliphatic rings. The van der Waals surface area contributed by atoms with Crippen LogP contribution in [0.5, 0.6) is 0 Å². The monoisotopic (exact) mass is 239 g/mol. The highest BCUT2D eigenvalue weighted by Crippen LogP contribution is 2.62. The summed E-state index contributed by atoms with van der Waals surface area (Å²) in [5.74, 6) is 1.91. The second-order valence-corrected chi connectivity index (χ2v) is 7.07. The van der Waals surface area contributed by atoms with Crippen LogP contribution < -0.4 is 0 Å². The van der Waals surface area contributed by atoms with Gasteiger partial charge in [0, 0.05) is 19.5 Å². The van der Waals surface area contributed by atoms with Crippen molar-refractivity contribution in [1.29, 1.82) is 0 Å². The van der Waals surface area contributed by atoms with Gasteiger partial charge in [-0.2, -0.15) is 0 Å². The Kier molecular flexibility index (Phi) is 3.95. The zero-order valence-electron chi connectivity index (χ0n) is 12.6. The number of amides is 1. The number of rotatable bonds is 1. The molecular weight excluding hydrogens is 210 g/mol. The van der Waals surface area contributed by atoms with Gasteiger partial charge >= 0.3 is 0 Å². The minimum Gasteiger partial charge on any atom is -0.342 e. The molecular formula is C15H29NO. The fourth-order valence-electron chi connectivity index (χ4n) is 2.90. The fraction of sp³-hybridized carbons (Fsp3) is 0.933. The first-order valence-electron chi connectivity index (χ1n) is 6.99. The molecule has 17 heavy (non-hydrogen) atoms. The number of fused-ring (bicyclic) bond motifs is 1. The number of carbonyl (C=O) groups excluding carboxylic acids is 1. The summed E-state index contributed by atoms with van der Waals surface area (Å²) in [6, 6.07) is 0. The second kappa shape index (κ2) is 4.62. The van der Waals surface area contributed by atoms with E-state index in [1.54, 1.807) is 0 Å². The number of piperidine rings is 1. The average molecular weight is 239 g/mol. The van der Waals surface area contributed by atoms with Gasteiger partial charge in [0.15, 0.2) is 0 Å². The average Bonchev–Trinajstić information content (AvgIpc) is 2.63. The molecule has 1 saturated carbocycles. The third kappa shape index (κ3) is 3.02. The molecule has 0 bridgehead atoms. The van der Waals surface area contributed by atoms with Gasteiger partial charge in [-0.3, -0.25) is 4.79 Å². The van der Waals surface area contributed by atoms with Crippen LogP contribution in [0.4, 0.5) is 0 Å². The van der Waals surface area contributed by atoms with E-state index in [0.717, 1.165) is 24.9 Å². The summed E-state index contributed by atoms with van der Waals surface area (Å²) in [5, 5.41) is 0. The highest BCUT2D eigenvalue weighted by atomic mass is 16.2. The van der Waals surface area contributed by atoms with E-state index in [-0.39, 0.29) is 5.41 Å². The van der Waals surface area contributed by atoms with Crippen LogP contribution in [0.25, 0.3) is 0 Å². The summed E-state index contributed by atoms with van der Waals surface area (Å²) in [7, 11) is 0. The Morgan fingerprint density at radius 2 is 1.59 bits per heavy atom. The number of nitrogens with zero attached hydrogens (tertiary/aromatic N) is 1. The normalized spacial score (nSPS) is 29.2. The van der Waals surface area contributed by atoms with Gasteiger partial charge < -0.3 is 4.90 Å². The van der Waals surface area contributed by atoms with Crippen LogP contribution in [-0.4, -0.2) is 23.9 Å². The zero-order valence-corrected chi connectivity index (χ0v) is 12.6. The zero-order chi connectivity index (χ0) is 13.4. The molecule has 0 aromatic carbocycles. The summed E-state index contributed by atoms with van der Waals surface area (Å²) < 4.78 is 0. The van der Waals surface area contributed by atoms with Crippen molar-refractivity contribution in [3.63, 3.8) is 0 Å². The van der Waals surface area contributed by atoms with E-state index in [1.807, 2.05) is 13.8 Å². The van der Waals surface area contributed by atoms with Gasteiger partial charge in [-0.15, -0.1) is 0 Å². The van der Waals surface area contributed by atoms with E-state index >= 15 is 0 Å². The van der Waals surface area contributed by atoms with E-state index in [2.05, 4.69) is 39.5 Å². The first-order valence-corrected chi connectivity index (χ1v) is 6.99. The van der Waals surface area contributed by atoms with Gasteiger partial charge in [0.2, 0.25) is 5.91 Å². The Labute approximate surface area is 107 Å². The van der Waals surface area contributed by atoms with Crippen LogP contribution >= 0.6 is 0 Å². The minimum atomic E-state index is 0.124. The van der Waals surface area contributed by atoms with Crippen LogP contribution in [0.15, 0.2) is 0 Å². The van der Waals surface area contributed by atoms with Crippen LogP contribution in [0.1, 0.15) is 54.9 Å². The lowest BCUT2D eigenvalue weighted by molar-refractivity contribution is -0.132. The van der Waals surface area contributed by atoms with Crippen molar-refractivity contribution in [3.8, 4) is 0 Å². The molecule has 1 aliphatic heterocycles. The first-order chi connectivity index (χ1) is 7.72. The van der Waals surface area contributed by atoms with Crippen molar-refractivity contribution in [2.24, 2.45) is 22.7 Å². The molecule has 0 radical (unpaired) electrons. The molecule has 100 valence electrons. The fourth-order valence-corrected chi connectivity index (χ4v) is 2.90. The molecule has 2 heteroatoms. The van der Waals surface area contributed by atoms with Gasteiger partial charge in [0.25, 0.3) is 0 Å². The topological polar surface area (TPSA) is 20.3 Å². The predicted octanol–water partition coefficient (Wildman–Crippen LogP) is 3.56. The van der Waals surface area contributed by atoms with E-state index in [9.17, 15) is 4.79 Å². The Hall–Kier alpha value is -0.530. The third-order valence-electron chi connectivity index (χ3n) is 4.16. The molecule has 2 rings (SSSR count). The molecule has 0 aromatic heterocycles. The molecule has 1 saturated heterocycles. The predicted molar refractivity (Wildman–Crippen MR) is 72.8 cm³/mol. The van der Waals surface area contributed by atoms with Crippen LogP contribution in [0.3, 0.4) is 0 Å². The van der Waals surface area contributed by atoms with E-state index in [1.165, 1.54) is 0 Å². The smallest absolute Gasteiger partial charge is 0.223 e. The molecule has 2 atom stereocenters. The molecule has 2 unspecified atom stereocenters. The lowest BCUT2D eigenvalue weighted by atomic mass is 9.91. The van der Waals surface area contributed by atoms with E-state index in [4.69, 9.17) is 0 Å². The van der Waals surface area contributed by atoms with Crippen molar-refractivity contribution < 1.29 is 4.79 Å². The van der Waals surface area contributed by atoms with Crippen molar-refractivity contribution in [1.82, 2.24) is 4.90 Å². The molecule has 1 amide bonds. The van der Waals surface area contributed by atoms with Crippen LogP contribution in [-0.2, 0) is 4.79 Å². The Bertz CT molecular complexity index is 274. The van der Waals surface area contributed by atoms with Crippen molar-refractivity contribution in [2.75, 3.05) is 13.1 Å². The SMILES string of the molecule is CC.CC(C)(C)CC(=O)N1CC2C(C1)C2(C)C. The molecule has 0 spiro atoms. The number of likely N-dealkylation sites (tertiary alicyclic amines) is 1. The largest absolute Gasteiger partial charge is 0.342 e. The Morgan fingerprint density at radius 3 is 1.94 bits per heavy atom. The maximum Gasteiger partial charge on any atom is 0.223 e. The van der Waals surface area contributed by atoms with Crippen molar-refractivity contribution >= 4 is 5.91 Å². The Balaban J connectivity index is 0.000000686. The summed E-state index contributed by atoms with van der Waals surface area (Å²) >= 11 is 0. The van der Waals surface area contributed by atoms with Gasteiger partial charge in [-0.05, 0) is 22.7 Å². The Morgan fingerprint density at radius 1 is 1.18 bits per heavy atom. The van der Waals surface area contributed by atoms with Crippen LogP contribution in [0, 0.1) is 22.7 Å². The maximum atomic E-state index is 12.0. The van der Waals surface area contributed by atoms with Crippen molar-refractivity contribution in [3.05, 3.63) is 0 Å². The van der Waals surface area contributed by atoms with Gasteiger partial charge in [0.05, 0.1) is 0 Å². The summed E-state index contributed by atoms with van der Waals surface area (Å²) in [6.45, 7) is 17.1. The highest BCUT2D eigenvalue weighted by Gasteiger charge is 2.62. The molecule has 1 aliphatic carbocycles. The number of carbonyl (C=O) groups is 1. The third-order valence-corrected chi connectivity index (χ3v) is 4.16. The summed E-state index contributed by atoms with van der Waals surface area (Å²) in [6.07, 6.45) is 0.687. The van der Waals surface area contributed by atoms with Crippen LogP contribution in [0.2, 0.25) is 0 Å². The maximum absolute atomic E-state index is 12.0. The standard InChI is InChI=1S/C13H23NO.C2H6/c1-12(2,3)6-11(15)14-7-9-10(8-14)13(9,4)5;1-2/h9-10H,6-8H2,1-5H3;1-2H3. The van der Waals surface area contributed by atoms with E-state index in [0.29, 0.717) is 17.7 Å². The molecule has 0 aromatic rings. The molecule has 2 fully saturated rings. The summed E-state index contributed by atoms with van der Waals surface area (Å²) in [4.78, 5) is 14.0. The lowest BCUT2D eigenvalue weighted by Gasteiger charge is -2.26. The van der Waals surface area contributed by atoms with Gasteiger partial charge in [-0.1, -0.05) is 48.5 Å². The lowest BCUT2D eigenvalue weighted by Crippen LogP contribution is -2.35. The number of hydrogen-bond donors (Lipinski definition) is 0. The van der Waals surface area contributed by atoms with Crippen molar-refractivity contribution in [2.45, 2.75) is 54.9 Å². The molecule has 2 nitrogen and oxygen atoms in total. The van der Waals surface area contributed by atoms with E-state index < -0.39 is 0 Å². The first kappa shape index (κ1) is 14.5. The second-order valence-electron chi connectivity index (χ2n) is 7.07. The highest BCUT2D eigenvalue weighted by molar-refractivity contribution is 5.77.